The lowest BCUT2D eigenvalue weighted by molar-refractivity contribution is -0.128. The monoisotopic (exact) mass is 243 g/mol. The van der Waals surface area contributed by atoms with Crippen LogP contribution in [0.15, 0.2) is 36.4 Å². The molecule has 1 heterocycles. The average molecular weight is 243 g/mol. The zero-order valence-corrected chi connectivity index (χ0v) is 11.3. The smallest absolute Gasteiger partial charge is 0.249 e. The van der Waals surface area contributed by atoms with Crippen molar-refractivity contribution >= 4 is 5.91 Å². The largest absolute Gasteiger partial charge is 0.332 e. The molecule has 2 rings (SSSR count). The van der Waals surface area contributed by atoms with Gasteiger partial charge in [-0.2, -0.15) is 0 Å². The van der Waals surface area contributed by atoms with Crippen LogP contribution in [0, 0.1) is 6.92 Å². The molecule has 96 valence electrons. The molecule has 1 aliphatic rings. The van der Waals surface area contributed by atoms with Gasteiger partial charge in [0.15, 0.2) is 0 Å². The van der Waals surface area contributed by atoms with Gasteiger partial charge in [-0.25, -0.2) is 0 Å². The molecule has 1 unspecified atom stereocenters. The van der Waals surface area contributed by atoms with Crippen LogP contribution in [0.3, 0.4) is 0 Å². The zero-order chi connectivity index (χ0) is 13.1. The summed E-state index contributed by atoms with van der Waals surface area (Å²) in [6.45, 7) is 8.81. The van der Waals surface area contributed by atoms with Crippen LogP contribution in [0.25, 0.3) is 0 Å². The van der Waals surface area contributed by atoms with E-state index in [0.29, 0.717) is 0 Å². The number of benzene rings is 1. The Kier molecular flexibility index (Phi) is 3.85. The van der Waals surface area contributed by atoms with Crippen LogP contribution >= 0.6 is 0 Å². The van der Waals surface area contributed by atoms with E-state index in [1.165, 1.54) is 11.1 Å². The minimum absolute atomic E-state index is 0.126. The van der Waals surface area contributed by atoms with E-state index in [9.17, 15) is 4.79 Å². The molecule has 18 heavy (non-hydrogen) atoms. The van der Waals surface area contributed by atoms with E-state index in [1.54, 1.807) is 0 Å². The molecule has 0 spiro atoms. The van der Waals surface area contributed by atoms with Crippen molar-refractivity contribution in [3.05, 3.63) is 47.5 Å². The third-order valence-corrected chi connectivity index (χ3v) is 3.67. The van der Waals surface area contributed by atoms with Crippen LogP contribution in [0.5, 0.6) is 0 Å². The van der Waals surface area contributed by atoms with Gasteiger partial charge in [0.25, 0.3) is 0 Å². The van der Waals surface area contributed by atoms with Gasteiger partial charge in [0.05, 0.1) is 6.04 Å². The molecule has 1 aliphatic heterocycles. The van der Waals surface area contributed by atoms with Gasteiger partial charge in [-0.3, -0.25) is 4.79 Å². The Morgan fingerprint density at radius 1 is 1.50 bits per heavy atom. The minimum atomic E-state index is 0.126. The molecule has 2 heteroatoms. The molecule has 0 aliphatic carbocycles. The Labute approximate surface area is 109 Å². The molecule has 1 atom stereocenters. The van der Waals surface area contributed by atoms with Gasteiger partial charge in [0.1, 0.15) is 0 Å². The summed E-state index contributed by atoms with van der Waals surface area (Å²) in [7, 11) is 0. The highest BCUT2D eigenvalue weighted by atomic mass is 16.2. The number of carbonyl (C=O) groups excluding carboxylic acids is 1. The molecule has 1 amide bonds. The highest BCUT2D eigenvalue weighted by Crippen LogP contribution is 2.33. The fourth-order valence-corrected chi connectivity index (χ4v) is 2.59. The molecule has 2 nitrogen and oxygen atoms in total. The number of hydrogen-bond acceptors (Lipinski definition) is 1. The lowest BCUT2D eigenvalue weighted by Gasteiger charge is -2.26. The van der Waals surface area contributed by atoms with Gasteiger partial charge < -0.3 is 4.90 Å². The molecule has 1 aromatic carbocycles. The van der Waals surface area contributed by atoms with Gasteiger partial charge in [-0.15, -0.1) is 0 Å². The molecule has 0 saturated carbocycles. The maximum absolute atomic E-state index is 12.3. The molecule has 0 aromatic heterocycles. The maximum Gasteiger partial charge on any atom is 0.249 e. The fraction of sp³-hybridized carbons (Fsp3) is 0.438. The Balaban J connectivity index is 2.22. The minimum Gasteiger partial charge on any atom is -0.332 e. The van der Waals surface area contributed by atoms with Crippen LogP contribution in [-0.4, -0.2) is 17.4 Å². The van der Waals surface area contributed by atoms with E-state index >= 15 is 0 Å². The molecular formula is C16H21NO. The second kappa shape index (κ2) is 5.38. The second-order valence-corrected chi connectivity index (χ2v) is 5.03. The third-order valence-electron chi connectivity index (χ3n) is 3.67. The van der Waals surface area contributed by atoms with Crippen LogP contribution in [0.1, 0.15) is 43.4 Å². The number of nitrogens with zero attached hydrogens (tertiary/aromatic N) is 1. The molecule has 0 radical (unpaired) electrons. The first-order valence-corrected chi connectivity index (χ1v) is 6.68. The molecule has 0 N–H and O–H groups in total. The number of carbonyl (C=O) groups is 1. The highest BCUT2D eigenvalue weighted by Gasteiger charge is 2.30. The van der Waals surface area contributed by atoms with Crippen LogP contribution in [0.2, 0.25) is 0 Å². The maximum atomic E-state index is 12.3. The van der Waals surface area contributed by atoms with E-state index in [2.05, 4.69) is 37.8 Å². The number of aryl methyl sites for hydroxylation is 1. The molecule has 1 aromatic rings. The van der Waals surface area contributed by atoms with E-state index < -0.39 is 0 Å². The average Bonchev–Trinajstić information content (AvgIpc) is 2.86. The first-order chi connectivity index (χ1) is 8.63. The zero-order valence-electron chi connectivity index (χ0n) is 11.3. The summed E-state index contributed by atoms with van der Waals surface area (Å²) in [5, 5.41) is 0. The van der Waals surface area contributed by atoms with Gasteiger partial charge in [-0.1, -0.05) is 43.3 Å². The van der Waals surface area contributed by atoms with E-state index in [0.717, 1.165) is 31.4 Å². The first kappa shape index (κ1) is 12.9. The highest BCUT2D eigenvalue weighted by molar-refractivity contribution is 5.93. The lowest BCUT2D eigenvalue weighted by Crippen LogP contribution is -2.31. The third kappa shape index (κ3) is 2.47. The van der Waals surface area contributed by atoms with Crippen molar-refractivity contribution in [3.63, 3.8) is 0 Å². The second-order valence-electron chi connectivity index (χ2n) is 5.03. The van der Waals surface area contributed by atoms with E-state index in [4.69, 9.17) is 0 Å². The number of hydrogen-bond donors (Lipinski definition) is 0. The van der Waals surface area contributed by atoms with Crippen molar-refractivity contribution in [2.45, 2.75) is 39.2 Å². The van der Waals surface area contributed by atoms with Crippen LogP contribution < -0.4 is 0 Å². The summed E-state index contributed by atoms with van der Waals surface area (Å²) >= 11 is 0. The quantitative estimate of drug-likeness (QED) is 0.742. The molecule has 1 fully saturated rings. The lowest BCUT2D eigenvalue weighted by atomic mass is 10.0. The molecule has 1 saturated heterocycles. The van der Waals surface area contributed by atoms with Crippen molar-refractivity contribution < 1.29 is 4.79 Å². The number of amides is 1. The Bertz CT molecular complexity index is 464. The van der Waals surface area contributed by atoms with Crippen LogP contribution in [-0.2, 0) is 4.79 Å². The molecule has 0 bridgehead atoms. The standard InChI is InChI=1S/C16H21NO/c1-4-13(3)16(18)17-10-6-9-15(17)14-8-5-7-12(2)11-14/h5,7-8,11,15H,3-4,6,9-10H2,1-2H3. The Hall–Kier alpha value is -1.57. The fourth-order valence-electron chi connectivity index (χ4n) is 2.59. The topological polar surface area (TPSA) is 20.3 Å². The van der Waals surface area contributed by atoms with Gasteiger partial charge in [0.2, 0.25) is 5.91 Å². The number of likely N-dealkylation sites (tertiary alicyclic amines) is 1. The summed E-state index contributed by atoms with van der Waals surface area (Å²) < 4.78 is 0. The van der Waals surface area contributed by atoms with Crippen molar-refractivity contribution in [1.29, 1.82) is 0 Å². The summed E-state index contributed by atoms with van der Waals surface area (Å²) in [6, 6.07) is 8.71. The van der Waals surface area contributed by atoms with Gasteiger partial charge in [-0.05, 0) is 31.7 Å². The normalized spacial score (nSPS) is 19.0. The van der Waals surface area contributed by atoms with Crippen LogP contribution in [0.4, 0.5) is 0 Å². The van der Waals surface area contributed by atoms with Crippen molar-refractivity contribution in [3.8, 4) is 0 Å². The summed E-state index contributed by atoms with van der Waals surface area (Å²) in [4.78, 5) is 14.3. The predicted molar refractivity (Wildman–Crippen MR) is 74.3 cm³/mol. The van der Waals surface area contributed by atoms with Gasteiger partial charge in [0, 0.05) is 12.1 Å². The van der Waals surface area contributed by atoms with Crippen molar-refractivity contribution in [1.82, 2.24) is 4.90 Å². The van der Waals surface area contributed by atoms with Gasteiger partial charge >= 0.3 is 0 Å². The Morgan fingerprint density at radius 2 is 2.28 bits per heavy atom. The van der Waals surface area contributed by atoms with E-state index in [1.807, 2.05) is 11.8 Å². The van der Waals surface area contributed by atoms with Crippen molar-refractivity contribution in [2.24, 2.45) is 0 Å². The molecular weight excluding hydrogens is 222 g/mol. The predicted octanol–water partition coefficient (Wildman–Crippen LogP) is 3.62. The Morgan fingerprint density at radius 3 is 2.94 bits per heavy atom. The summed E-state index contributed by atoms with van der Waals surface area (Å²) in [5.74, 6) is 0.126. The van der Waals surface area contributed by atoms with Crippen molar-refractivity contribution in [2.75, 3.05) is 6.54 Å². The summed E-state index contributed by atoms with van der Waals surface area (Å²) in [6.07, 6.45) is 2.88. The SMILES string of the molecule is C=C(CC)C(=O)N1CCCC1c1cccc(C)c1. The van der Waals surface area contributed by atoms with E-state index in [-0.39, 0.29) is 11.9 Å². The first-order valence-electron chi connectivity index (χ1n) is 6.68. The summed E-state index contributed by atoms with van der Waals surface area (Å²) in [5.41, 5.74) is 3.22. The number of rotatable bonds is 3.